The van der Waals surface area contributed by atoms with Gasteiger partial charge in [0, 0.05) is 11.0 Å². The normalized spacial score (nSPS) is 10.6. The summed E-state index contributed by atoms with van der Waals surface area (Å²) >= 11 is 3.52. The highest BCUT2D eigenvalue weighted by molar-refractivity contribution is 9.10. The van der Waals surface area contributed by atoms with Crippen molar-refractivity contribution in [1.29, 1.82) is 0 Å². The van der Waals surface area contributed by atoms with Gasteiger partial charge in [-0.3, -0.25) is 0 Å². The molecule has 0 saturated heterocycles. The molecule has 94 valence electrons. The molecule has 0 amide bonds. The first-order valence-electron chi connectivity index (χ1n) is 5.94. The molecule has 0 fully saturated rings. The fraction of sp³-hybridized carbons (Fsp3) is 0.200. The minimum absolute atomic E-state index is 0.181. The number of halogens is 2. The van der Waals surface area contributed by atoms with Gasteiger partial charge in [0.2, 0.25) is 0 Å². The van der Waals surface area contributed by atoms with E-state index in [0.29, 0.717) is 0 Å². The zero-order valence-electron chi connectivity index (χ0n) is 10.00. The van der Waals surface area contributed by atoms with E-state index >= 15 is 0 Å². The van der Waals surface area contributed by atoms with Crippen molar-refractivity contribution in [2.24, 2.45) is 0 Å². The van der Waals surface area contributed by atoms with Crippen molar-refractivity contribution >= 4 is 15.9 Å². The first kappa shape index (κ1) is 13.2. The van der Waals surface area contributed by atoms with Crippen molar-refractivity contribution in [1.82, 2.24) is 5.32 Å². The van der Waals surface area contributed by atoms with Crippen molar-refractivity contribution < 1.29 is 4.39 Å². The lowest BCUT2D eigenvalue weighted by atomic mass is 10.1. The van der Waals surface area contributed by atoms with Crippen LogP contribution >= 0.6 is 15.9 Å². The molecule has 0 unspecified atom stereocenters. The minimum Gasteiger partial charge on any atom is -0.312 e. The summed E-state index contributed by atoms with van der Waals surface area (Å²) in [6.07, 6.45) is 0.907. The standard InChI is InChI=1S/C15H15BrFN/c16-15-4-2-1-3-13(15)11-18-10-9-12-5-7-14(17)8-6-12/h1-8,18H,9-11H2. The maximum atomic E-state index is 12.7. The van der Waals surface area contributed by atoms with Crippen LogP contribution in [-0.4, -0.2) is 6.54 Å². The second-order valence-electron chi connectivity index (χ2n) is 4.14. The summed E-state index contributed by atoms with van der Waals surface area (Å²) in [5.74, 6) is -0.181. The van der Waals surface area contributed by atoms with Gasteiger partial charge in [0.05, 0.1) is 0 Å². The van der Waals surface area contributed by atoms with E-state index in [1.807, 2.05) is 30.3 Å². The minimum atomic E-state index is -0.181. The molecular formula is C15H15BrFN. The molecule has 0 saturated carbocycles. The molecule has 1 N–H and O–H groups in total. The zero-order valence-corrected chi connectivity index (χ0v) is 11.6. The fourth-order valence-electron chi connectivity index (χ4n) is 1.75. The molecule has 0 aromatic heterocycles. The maximum absolute atomic E-state index is 12.7. The zero-order chi connectivity index (χ0) is 12.8. The predicted molar refractivity (Wildman–Crippen MR) is 76.0 cm³/mol. The van der Waals surface area contributed by atoms with Crippen LogP contribution in [0.4, 0.5) is 4.39 Å². The van der Waals surface area contributed by atoms with Crippen molar-refractivity contribution in [3.8, 4) is 0 Å². The molecule has 0 radical (unpaired) electrons. The molecule has 0 aliphatic carbocycles. The van der Waals surface area contributed by atoms with Crippen LogP contribution in [-0.2, 0) is 13.0 Å². The summed E-state index contributed by atoms with van der Waals surface area (Å²) in [4.78, 5) is 0. The van der Waals surface area contributed by atoms with Gasteiger partial charge in [-0.1, -0.05) is 46.3 Å². The van der Waals surface area contributed by atoms with Crippen molar-refractivity contribution in [2.75, 3.05) is 6.54 Å². The Morgan fingerprint density at radius 2 is 1.72 bits per heavy atom. The Morgan fingerprint density at radius 3 is 2.44 bits per heavy atom. The quantitative estimate of drug-likeness (QED) is 0.826. The fourth-order valence-corrected chi connectivity index (χ4v) is 2.17. The third kappa shape index (κ3) is 3.93. The molecule has 3 heteroatoms. The summed E-state index contributed by atoms with van der Waals surface area (Å²) in [6, 6.07) is 14.8. The Morgan fingerprint density at radius 1 is 1.00 bits per heavy atom. The number of hydrogen-bond acceptors (Lipinski definition) is 1. The maximum Gasteiger partial charge on any atom is 0.123 e. The second-order valence-corrected chi connectivity index (χ2v) is 5.00. The summed E-state index contributed by atoms with van der Waals surface area (Å²) in [5, 5.41) is 3.38. The van der Waals surface area contributed by atoms with Crippen LogP contribution in [0.5, 0.6) is 0 Å². The van der Waals surface area contributed by atoms with Crippen LogP contribution < -0.4 is 5.32 Å². The lowest BCUT2D eigenvalue weighted by Crippen LogP contribution is -2.16. The molecule has 0 spiro atoms. The molecule has 2 aromatic carbocycles. The van der Waals surface area contributed by atoms with Crippen LogP contribution in [0.1, 0.15) is 11.1 Å². The highest BCUT2D eigenvalue weighted by Crippen LogP contribution is 2.15. The van der Waals surface area contributed by atoms with E-state index < -0.39 is 0 Å². The summed E-state index contributed by atoms with van der Waals surface area (Å²) < 4.78 is 13.8. The Hall–Kier alpha value is -1.19. The molecule has 1 nitrogen and oxygen atoms in total. The van der Waals surface area contributed by atoms with Crippen LogP contribution in [0.2, 0.25) is 0 Å². The van der Waals surface area contributed by atoms with Gasteiger partial charge in [0.15, 0.2) is 0 Å². The molecule has 0 atom stereocenters. The van der Waals surface area contributed by atoms with E-state index in [0.717, 1.165) is 29.5 Å². The summed E-state index contributed by atoms with van der Waals surface area (Å²) in [6.45, 7) is 1.72. The van der Waals surface area contributed by atoms with E-state index in [2.05, 4.69) is 27.3 Å². The average molecular weight is 308 g/mol. The first-order chi connectivity index (χ1) is 8.75. The SMILES string of the molecule is Fc1ccc(CCNCc2ccccc2Br)cc1. The van der Waals surface area contributed by atoms with E-state index in [1.54, 1.807) is 0 Å². The predicted octanol–water partition coefficient (Wildman–Crippen LogP) is 3.92. The highest BCUT2D eigenvalue weighted by Gasteiger charge is 1.98. The molecule has 0 aliphatic heterocycles. The van der Waals surface area contributed by atoms with Gasteiger partial charge in [-0.05, 0) is 42.3 Å². The Labute approximate surface area is 115 Å². The summed E-state index contributed by atoms with van der Waals surface area (Å²) in [5.41, 5.74) is 2.40. The Balaban J connectivity index is 1.76. The van der Waals surface area contributed by atoms with Gasteiger partial charge in [-0.2, -0.15) is 0 Å². The van der Waals surface area contributed by atoms with Crippen molar-refractivity contribution in [3.63, 3.8) is 0 Å². The largest absolute Gasteiger partial charge is 0.312 e. The number of benzene rings is 2. The lowest BCUT2D eigenvalue weighted by molar-refractivity contribution is 0.626. The smallest absolute Gasteiger partial charge is 0.123 e. The molecule has 18 heavy (non-hydrogen) atoms. The monoisotopic (exact) mass is 307 g/mol. The lowest BCUT2D eigenvalue weighted by Gasteiger charge is -2.06. The topological polar surface area (TPSA) is 12.0 Å². The van der Waals surface area contributed by atoms with Gasteiger partial charge in [0.25, 0.3) is 0 Å². The van der Waals surface area contributed by atoms with Crippen LogP contribution in [0, 0.1) is 5.82 Å². The van der Waals surface area contributed by atoms with Gasteiger partial charge in [-0.25, -0.2) is 4.39 Å². The average Bonchev–Trinajstić information content (AvgIpc) is 2.39. The number of nitrogens with one attached hydrogen (secondary N) is 1. The van der Waals surface area contributed by atoms with Gasteiger partial charge in [-0.15, -0.1) is 0 Å². The van der Waals surface area contributed by atoms with E-state index in [-0.39, 0.29) is 5.82 Å². The number of rotatable bonds is 5. The molecule has 0 aliphatic rings. The van der Waals surface area contributed by atoms with Crippen molar-refractivity contribution in [2.45, 2.75) is 13.0 Å². The third-order valence-corrected chi connectivity index (χ3v) is 3.55. The Kier molecular flexibility index (Phi) is 4.90. The van der Waals surface area contributed by atoms with E-state index in [1.165, 1.54) is 17.7 Å². The van der Waals surface area contributed by atoms with E-state index in [4.69, 9.17) is 0 Å². The van der Waals surface area contributed by atoms with Gasteiger partial charge < -0.3 is 5.32 Å². The second kappa shape index (κ2) is 6.66. The molecule has 0 bridgehead atoms. The van der Waals surface area contributed by atoms with Crippen molar-refractivity contribution in [3.05, 3.63) is 69.9 Å². The van der Waals surface area contributed by atoms with Crippen LogP contribution in [0.25, 0.3) is 0 Å². The third-order valence-electron chi connectivity index (χ3n) is 2.78. The Bertz CT molecular complexity index is 496. The first-order valence-corrected chi connectivity index (χ1v) is 6.73. The molecular weight excluding hydrogens is 293 g/mol. The molecule has 2 aromatic rings. The number of hydrogen-bond donors (Lipinski definition) is 1. The van der Waals surface area contributed by atoms with Gasteiger partial charge in [0.1, 0.15) is 5.82 Å². The van der Waals surface area contributed by atoms with Crippen LogP contribution in [0.15, 0.2) is 53.0 Å². The molecule has 0 heterocycles. The van der Waals surface area contributed by atoms with E-state index in [9.17, 15) is 4.39 Å². The summed E-state index contributed by atoms with van der Waals surface area (Å²) in [7, 11) is 0. The molecule has 2 rings (SSSR count). The van der Waals surface area contributed by atoms with Gasteiger partial charge >= 0.3 is 0 Å². The van der Waals surface area contributed by atoms with Crippen LogP contribution in [0.3, 0.4) is 0 Å². The highest BCUT2D eigenvalue weighted by atomic mass is 79.9.